The van der Waals surface area contributed by atoms with Crippen molar-refractivity contribution in [3.8, 4) is 0 Å². The van der Waals surface area contributed by atoms with Crippen LogP contribution in [0.2, 0.25) is 0 Å². The van der Waals surface area contributed by atoms with Crippen molar-refractivity contribution in [1.29, 1.82) is 0 Å². The lowest BCUT2D eigenvalue weighted by atomic mass is 9.76. The Morgan fingerprint density at radius 1 is 1.43 bits per heavy atom. The Morgan fingerprint density at radius 3 is 2.57 bits per heavy atom. The van der Waals surface area contributed by atoms with Gasteiger partial charge in [-0.05, 0) is 37.0 Å². The van der Waals surface area contributed by atoms with Gasteiger partial charge in [-0.25, -0.2) is 4.79 Å². The van der Waals surface area contributed by atoms with Gasteiger partial charge in [-0.1, -0.05) is 20.8 Å². The molecule has 0 aliphatic heterocycles. The fourth-order valence-corrected chi connectivity index (χ4v) is 2.21. The molecule has 1 N–H and O–H groups in total. The summed E-state index contributed by atoms with van der Waals surface area (Å²) < 4.78 is 4.90. The average Bonchev–Trinajstić information content (AvgIpc) is 2.07. The molecule has 1 saturated carbocycles. The van der Waals surface area contributed by atoms with Crippen LogP contribution in [0, 0.1) is 17.8 Å². The van der Waals surface area contributed by atoms with Crippen LogP contribution in [0.4, 0.5) is 4.79 Å². The smallest absolute Gasteiger partial charge is 0.450 e. The molecule has 0 radical (unpaired) electrons. The van der Waals surface area contributed by atoms with Gasteiger partial charge in [0.05, 0.1) is 0 Å². The van der Waals surface area contributed by atoms with Gasteiger partial charge < -0.3 is 9.84 Å². The van der Waals surface area contributed by atoms with Gasteiger partial charge in [-0.15, -0.1) is 0 Å². The second-order valence-electron chi connectivity index (χ2n) is 4.72. The molecule has 14 heavy (non-hydrogen) atoms. The summed E-state index contributed by atoms with van der Waals surface area (Å²) in [7, 11) is 0. The minimum absolute atomic E-state index is 0.0892. The number of rotatable bonds is 2. The van der Waals surface area contributed by atoms with Crippen LogP contribution in [0.3, 0.4) is 0 Å². The fraction of sp³-hybridized carbons (Fsp3) is 0.909. The van der Waals surface area contributed by atoms with Crippen molar-refractivity contribution in [1.82, 2.24) is 0 Å². The number of ether oxygens (including phenoxy) is 1. The Hall–Kier alpha value is -0.730. The Kier molecular flexibility index (Phi) is 3.78. The maximum Gasteiger partial charge on any atom is 0.506 e. The molecular formula is C11H20O3. The van der Waals surface area contributed by atoms with E-state index in [0.717, 1.165) is 12.8 Å². The molecule has 1 rings (SSSR count). The average molecular weight is 200 g/mol. The molecule has 1 fully saturated rings. The first-order valence-electron chi connectivity index (χ1n) is 5.40. The van der Waals surface area contributed by atoms with E-state index in [9.17, 15) is 4.79 Å². The van der Waals surface area contributed by atoms with E-state index < -0.39 is 6.16 Å². The van der Waals surface area contributed by atoms with Crippen molar-refractivity contribution in [2.75, 3.05) is 0 Å². The molecule has 1 unspecified atom stereocenters. The van der Waals surface area contributed by atoms with Crippen molar-refractivity contribution >= 4 is 6.16 Å². The molecule has 82 valence electrons. The molecule has 3 heteroatoms. The lowest BCUT2D eigenvalue weighted by Crippen LogP contribution is -2.33. The van der Waals surface area contributed by atoms with Gasteiger partial charge in [0.15, 0.2) is 0 Å². The molecule has 1 aliphatic rings. The molecule has 3 nitrogen and oxygen atoms in total. The minimum Gasteiger partial charge on any atom is -0.450 e. The van der Waals surface area contributed by atoms with Crippen molar-refractivity contribution in [3.63, 3.8) is 0 Å². The van der Waals surface area contributed by atoms with Gasteiger partial charge in [-0.2, -0.15) is 0 Å². The van der Waals surface area contributed by atoms with Gasteiger partial charge in [0, 0.05) is 0 Å². The maximum absolute atomic E-state index is 10.5. The molecule has 0 aromatic carbocycles. The zero-order valence-corrected chi connectivity index (χ0v) is 9.19. The summed E-state index contributed by atoms with van der Waals surface area (Å²) in [6.07, 6.45) is 1.96. The van der Waals surface area contributed by atoms with Crippen LogP contribution in [0.15, 0.2) is 0 Å². The van der Waals surface area contributed by atoms with Crippen LogP contribution >= 0.6 is 0 Å². The van der Waals surface area contributed by atoms with Crippen molar-refractivity contribution in [3.05, 3.63) is 0 Å². The Balaban J connectivity index is 2.50. The third-order valence-electron chi connectivity index (χ3n) is 3.36. The van der Waals surface area contributed by atoms with E-state index in [1.54, 1.807) is 0 Å². The molecule has 0 spiro atoms. The van der Waals surface area contributed by atoms with Crippen molar-refractivity contribution in [2.24, 2.45) is 17.8 Å². The van der Waals surface area contributed by atoms with E-state index in [2.05, 4.69) is 20.8 Å². The third-order valence-corrected chi connectivity index (χ3v) is 3.36. The highest BCUT2D eigenvalue weighted by molar-refractivity contribution is 5.57. The third kappa shape index (κ3) is 2.89. The normalized spacial score (nSPS) is 33.0. The highest BCUT2D eigenvalue weighted by atomic mass is 16.7. The SMILES string of the molecule is CC(C)C1CC[C@@H](C)[C@@H](OC(=O)O)C1. The summed E-state index contributed by atoms with van der Waals surface area (Å²) in [6, 6.07) is 0. The molecule has 0 bridgehead atoms. The van der Waals surface area contributed by atoms with Crippen LogP contribution in [-0.2, 0) is 4.74 Å². The highest BCUT2D eigenvalue weighted by Crippen LogP contribution is 2.34. The van der Waals surface area contributed by atoms with E-state index in [0.29, 0.717) is 17.8 Å². The van der Waals surface area contributed by atoms with Crippen LogP contribution < -0.4 is 0 Å². The van der Waals surface area contributed by atoms with Gasteiger partial charge in [0.25, 0.3) is 0 Å². The summed E-state index contributed by atoms with van der Waals surface area (Å²) in [5, 5.41) is 8.59. The molecule has 0 aromatic rings. The van der Waals surface area contributed by atoms with Crippen LogP contribution in [0.5, 0.6) is 0 Å². The Labute approximate surface area is 85.5 Å². The number of carboxylic acid groups (broad SMARTS) is 1. The van der Waals surface area contributed by atoms with Crippen LogP contribution in [0.25, 0.3) is 0 Å². The van der Waals surface area contributed by atoms with E-state index >= 15 is 0 Å². The first kappa shape index (κ1) is 11.3. The zero-order chi connectivity index (χ0) is 10.7. The Bertz CT molecular complexity index is 201. The Morgan fingerprint density at radius 2 is 2.07 bits per heavy atom. The predicted octanol–water partition coefficient (Wildman–Crippen LogP) is 3.14. The number of hydrogen-bond acceptors (Lipinski definition) is 2. The first-order valence-corrected chi connectivity index (χ1v) is 5.40. The van der Waals surface area contributed by atoms with E-state index in [4.69, 9.17) is 9.84 Å². The summed E-state index contributed by atoms with van der Waals surface area (Å²) in [6.45, 7) is 6.46. The van der Waals surface area contributed by atoms with Gasteiger partial charge in [0.2, 0.25) is 0 Å². The minimum atomic E-state index is -1.13. The van der Waals surface area contributed by atoms with Gasteiger partial charge in [-0.3, -0.25) is 0 Å². The molecule has 3 atom stereocenters. The van der Waals surface area contributed by atoms with Crippen molar-refractivity contribution < 1.29 is 14.6 Å². The maximum atomic E-state index is 10.5. The standard InChI is InChI=1S/C11H20O3/c1-7(2)9-5-4-8(3)10(6-9)14-11(12)13/h7-10H,4-6H2,1-3H3,(H,12,13)/t8-,9?,10+/m1/s1. The summed E-state index contributed by atoms with van der Waals surface area (Å²) >= 11 is 0. The van der Waals surface area contributed by atoms with E-state index in [-0.39, 0.29) is 6.10 Å². The topological polar surface area (TPSA) is 46.5 Å². The fourth-order valence-electron chi connectivity index (χ4n) is 2.21. The number of carbonyl (C=O) groups is 1. The van der Waals surface area contributed by atoms with Gasteiger partial charge >= 0.3 is 6.16 Å². The predicted molar refractivity (Wildman–Crippen MR) is 54.2 cm³/mol. The largest absolute Gasteiger partial charge is 0.506 e. The van der Waals surface area contributed by atoms with E-state index in [1.165, 1.54) is 6.42 Å². The van der Waals surface area contributed by atoms with Crippen LogP contribution in [0.1, 0.15) is 40.0 Å². The lowest BCUT2D eigenvalue weighted by Gasteiger charge is -2.34. The lowest BCUT2D eigenvalue weighted by molar-refractivity contribution is -0.00783. The number of hydrogen-bond donors (Lipinski definition) is 1. The summed E-state index contributed by atoms with van der Waals surface area (Å²) in [5.41, 5.74) is 0. The highest BCUT2D eigenvalue weighted by Gasteiger charge is 2.31. The quantitative estimate of drug-likeness (QED) is 0.696. The molecule has 0 heterocycles. The van der Waals surface area contributed by atoms with Crippen molar-refractivity contribution in [2.45, 2.75) is 46.1 Å². The first-order chi connectivity index (χ1) is 6.50. The summed E-state index contributed by atoms with van der Waals surface area (Å²) in [4.78, 5) is 10.5. The monoisotopic (exact) mass is 200 g/mol. The molecule has 0 aromatic heterocycles. The summed E-state index contributed by atoms with van der Waals surface area (Å²) in [5.74, 6) is 1.62. The van der Waals surface area contributed by atoms with E-state index in [1.807, 2.05) is 0 Å². The van der Waals surface area contributed by atoms with Gasteiger partial charge in [0.1, 0.15) is 6.10 Å². The molecular weight excluding hydrogens is 180 g/mol. The van der Waals surface area contributed by atoms with Crippen LogP contribution in [-0.4, -0.2) is 17.4 Å². The molecule has 1 aliphatic carbocycles. The zero-order valence-electron chi connectivity index (χ0n) is 9.19. The second-order valence-corrected chi connectivity index (χ2v) is 4.72. The second kappa shape index (κ2) is 4.67. The molecule has 0 saturated heterocycles. The molecule has 0 amide bonds.